The zero-order chi connectivity index (χ0) is 21.9. The number of likely N-dealkylation sites (tertiary alicyclic amines) is 1. The van der Waals surface area contributed by atoms with Crippen LogP contribution in [-0.4, -0.2) is 62.2 Å². The molecule has 2 aliphatic rings. The quantitative estimate of drug-likeness (QED) is 0.608. The minimum Gasteiger partial charge on any atom is -0.415 e. The average Bonchev–Trinajstić information content (AvgIpc) is 3.35. The van der Waals surface area contributed by atoms with Crippen molar-refractivity contribution >= 4 is 11.6 Å². The zero-order valence-electron chi connectivity index (χ0n) is 18.2. The lowest BCUT2D eigenvalue weighted by Crippen LogP contribution is -2.46. The Bertz CT molecular complexity index is 1140. The van der Waals surface area contributed by atoms with Crippen molar-refractivity contribution in [1.82, 2.24) is 30.0 Å². The van der Waals surface area contributed by atoms with Crippen molar-refractivity contribution in [2.75, 3.05) is 26.2 Å². The molecule has 32 heavy (non-hydrogen) atoms. The Labute approximate surface area is 188 Å². The van der Waals surface area contributed by atoms with E-state index < -0.39 is 0 Å². The van der Waals surface area contributed by atoms with Crippen LogP contribution in [0.4, 0.5) is 4.79 Å². The topological polar surface area (TPSA) is 88.3 Å². The van der Waals surface area contributed by atoms with Gasteiger partial charge in [-0.25, -0.2) is 9.78 Å². The first-order valence-corrected chi connectivity index (χ1v) is 11.2. The highest BCUT2D eigenvalue weighted by Crippen LogP contribution is 2.27. The fourth-order valence-electron chi connectivity index (χ4n) is 4.18. The zero-order valence-corrected chi connectivity index (χ0v) is 18.2. The van der Waals surface area contributed by atoms with Gasteiger partial charge in [0, 0.05) is 33.2 Å². The molecule has 4 heterocycles. The molecule has 3 aromatic rings. The maximum atomic E-state index is 12.8. The molecule has 5 rings (SSSR count). The van der Waals surface area contributed by atoms with E-state index in [4.69, 9.17) is 9.40 Å². The molecule has 0 unspecified atom stereocenters. The molecule has 166 valence electrons. The number of benzene rings is 1. The van der Waals surface area contributed by atoms with Crippen molar-refractivity contribution in [2.24, 2.45) is 0 Å². The molecule has 0 aliphatic carbocycles. The van der Waals surface area contributed by atoms with E-state index in [2.05, 4.69) is 21.3 Å². The summed E-state index contributed by atoms with van der Waals surface area (Å²) < 4.78 is 5.89. The predicted molar refractivity (Wildman–Crippen MR) is 123 cm³/mol. The minimum atomic E-state index is 0. The number of piperidine rings is 1. The third kappa shape index (κ3) is 4.12. The Balaban J connectivity index is 0.00000259. The predicted octanol–water partition coefficient (Wildman–Crippen LogP) is 4.44. The number of carbonyl (C=O) groups is 1. The van der Waals surface area contributed by atoms with E-state index in [9.17, 15) is 4.79 Å². The van der Waals surface area contributed by atoms with Gasteiger partial charge in [0.2, 0.25) is 5.89 Å². The van der Waals surface area contributed by atoms with Crippen LogP contribution in [0, 0.1) is 6.92 Å². The van der Waals surface area contributed by atoms with Crippen LogP contribution in [0.3, 0.4) is 0 Å². The lowest BCUT2D eigenvalue weighted by Gasteiger charge is -2.34. The second kappa shape index (κ2) is 8.90. The third-order valence-electron chi connectivity index (χ3n) is 6.04. The van der Waals surface area contributed by atoms with E-state index >= 15 is 0 Å². The van der Waals surface area contributed by atoms with E-state index in [1.807, 2.05) is 47.1 Å². The third-order valence-corrected chi connectivity index (χ3v) is 6.04. The molecule has 1 fully saturated rings. The summed E-state index contributed by atoms with van der Waals surface area (Å²) in [4.78, 5) is 26.0. The van der Waals surface area contributed by atoms with E-state index in [0.717, 1.165) is 54.9 Å². The van der Waals surface area contributed by atoms with E-state index in [1.165, 1.54) is 6.42 Å². The summed E-state index contributed by atoms with van der Waals surface area (Å²) in [6.45, 7) is 4.90. The number of hydrogen-bond donors (Lipinski definition) is 0. The molecule has 0 N–H and O–H groups in total. The molecule has 8 heteroatoms. The van der Waals surface area contributed by atoms with Crippen LogP contribution in [-0.2, 0) is 0 Å². The van der Waals surface area contributed by atoms with Gasteiger partial charge < -0.3 is 14.2 Å². The molecule has 8 nitrogen and oxygen atoms in total. The number of aryl methyl sites for hydroxylation is 1. The molecule has 2 amide bonds. The van der Waals surface area contributed by atoms with Crippen molar-refractivity contribution in [3.63, 3.8) is 0 Å². The first-order chi connectivity index (χ1) is 15.7. The van der Waals surface area contributed by atoms with Gasteiger partial charge in [-0.05, 0) is 50.3 Å². The summed E-state index contributed by atoms with van der Waals surface area (Å²) >= 11 is 0. The van der Waals surface area contributed by atoms with Gasteiger partial charge in [0.1, 0.15) is 5.69 Å². The van der Waals surface area contributed by atoms with E-state index in [0.29, 0.717) is 30.6 Å². The summed E-state index contributed by atoms with van der Waals surface area (Å²) in [7, 11) is 0. The van der Waals surface area contributed by atoms with Crippen LogP contribution in [0.1, 0.15) is 38.5 Å². The molecular weight excluding hydrogens is 404 g/mol. The van der Waals surface area contributed by atoms with Gasteiger partial charge >= 0.3 is 6.03 Å². The smallest absolute Gasteiger partial charge is 0.320 e. The van der Waals surface area contributed by atoms with Crippen molar-refractivity contribution in [2.45, 2.75) is 32.6 Å². The number of nitrogens with zero attached hydrogens (tertiary/aromatic N) is 6. The number of urea groups is 1. The SMILES string of the molecule is Cc1ncc(C2=CCN(C(=O)N3CCCCC3)CC2)nc1-c1nnc(-c2ccccc2)o1.[HH]. The maximum absolute atomic E-state index is 12.8. The summed E-state index contributed by atoms with van der Waals surface area (Å²) in [5.74, 6) is 0.810. The fourth-order valence-corrected chi connectivity index (χ4v) is 4.18. The molecule has 2 aromatic heterocycles. The number of carbonyl (C=O) groups excluding carboxylic acids is 1. The first-order valence-electron chi connectivity index (χ1n) is 11.2. The summed E-state index contributed by atoms with van der Waals surface area (Å²) in [5.41, 5.74) is 4.06. The number of amides is 2. The van der Waals surface area contributed by atoms with Gasteiger partial charge in [-0.3, -0.25) is 4.98 Å². The minimum absolute atomic E-state index is 0. The summed E-state index contributed by atoms with van der Waals surface area (Å²) in [6.07, 6.45) is 8.03. The van der Waals surface area contributed by atoms with Crippen molar-refractivity contribution in [3.8, 4) is 23.0 Å². The molecular formula is C24H28N6O2. The highest BCUT2D eigenvalue weighted by Gasteiger charge is 2.25. The number of rotatable bonds is 3. The molecule has 1 aromatic carbocycles. The molecule has 0 bridgehead atoms. The highest BCUT2D eigenvalue weighted by molar-refractivity contribution is 5.76. The van der Waals surface area contributed by atoms with E-state index in [-0.39, 0.29) is 7.46 Å². The lowest BCUT2D eigenvalue weighted by atomic mass is 10.0. The second-order valence-electron chi connectivity index (χ2n) is 8.22. The van der Waals surface area contributed by atoms with Gasteiger partial charge in [-0.2, -0.15) is 0 Å². The molecule has 0 atom stereocenters. The summed E-state index contributed by atoms with van der Waals surface area (Å²) in [5, 5.41) is 8.37. The van der Waals surface area contributed by atoms with E-state index in [1.54, 1.807) is 6.20 Å². The van der Waals surface area contributed by atoms with Crippen LogP contribution in [0.5, 0.6) is 0 Å². The van der Waals surface area contributed by atoms with Crippen molar-refractivity contribution < 1.29 is 10.6 Å². The maximum Gasteiger partial charge on any atom is 0.320 e. The largest absolute Gasteiger partial charge is 0.415 e. The van der Waals surface area contributed by atoms with Crippen LogP contribution < -0.4 is 0 Å². The van der Waals surface area contributed by atoms with Gasteiger partial charge in [-0.1, -0.05) is 24.3 Å². The first kappa shape index (κ1) is 20.4. The molecule has 0 spiro atoms. The molecule has 0 saturated carbocycles. The molecule has 1 saturated heterocycles. The average molecular weight is 433 g/mol. The number of aromatic nitrogens is 4. The van der Waals surface area contributed by atoms with Crippen LogP contribution in [0.25, 0.3) is 28.6 Å². The van der Waals surface area contributed by atoms with Crippen LogP contribution in [0.15, 0.2) is 47.0 Å². The Kier molecular flexibility index (Phi) is 5.66. The second-order valence-corrected chi connectivity index (χ2v) is 8.22. The van der Waals surface area contributed by atoms with Gasteiger partial charge in [0.05, 0.1) is 17.6 Å². The lowest BCUT2D eigenvalue weighted by molar-refractivity contribution is 0.147. The van der Waals surface area contributed by atoms with Crippen molar-refractivity contribution in [1.29, 1.82) is 0 Å². The van der Waals surface area contributed by atoms with Crippen LogP contribution in [0.2, 0.25) is 0 Å². The normalized spacial score (nSPS) is 16.7. The fraction of sp³-hybridized carbons (Fsp3) is 0.375. The van der Waals surface area contributed by atoms with Crippen LogP contribution >= 0.6 is 0 Å². The van der Waals surface area contributed by atoms with Crippen molar-refractivity contribution in [3.05, 3.63) is 54.0 Å². The molecule has 2 aliphatic heterocycles. The Morgan fingerprint density at radius 1 is 1.00 bits per heavy atom. The standard InChI is InChI=1S/C24H26N6O2.H2/c1-17-21(23-28-27-22(32-23)19-8-4-2-5-9-19)26-20(16-25-17)18-10-14-30(15-11-18)24(31)29-12-6-3-7-13-29;/h2,4-5,8-10,16H,3,6-7,11-15H2,1H3;1H. The Morgan fingerprint density at radius 2 is 1.78 bits per heavy atom. The van der Waals surface area contributed by atoms with Gasteiger partial charge in [0.15, 0.2) is 0 Å². The van der Waals surface area contributed by atoms with Gasteiger partial charge in [-0.15, -0.1) is 10.2 Å². The molecule has 0 radical (unpaired) electrons. The van der Waals surface area contributed by atoms with Gasteiger partial charge in [0.25, 0.3) is 5.89 Å². The summed E-state index contributed by atoms with van der Waals surface area (Å²) in [6, 6.07) is 9.81. The Hall–Kier alpha value is -3.55. The highest BCUT2D eigenvalue weighted by atomic mass is 16.4. The number of hydrogen-bond acceptors (Lipinski definition) is 6. The monoisotopic (exact) mass is 432 g/mol. The Morgan fingerprint density at radius 3 is 2.53 bits per heavy atom.